The second kappa shape index (κ2) is 26.7. The van der Waals surface area contributed by atoms with E-state index in [2.05, 4.69) is 59.5 Å². The van der Waals surface area contributed by atoms with E-state index >= 15 is 8.78 Å². The number of nitrogens with zero attached hydrogens (tertiary/aromatic N) is 12. The molecule has 2 saturated carbocycles. The number of hydrogen-bond donors (Lipinski definition) is 6. The minimum atomic E-state index is -4.86. The normalized spacial score (nSPS) is 19.4. The third kappa shape index (κ3) is 16.2. The lowest BCUT2D eigenvalue weighted by atomic mass is 10.0. The first-order chi connectivity index (χ1) is 45.4. The maximum Gasteiger partial charge on any atom is 0.478 e. The summed E-state index contributed by atoms with van der Waals surface area (Å²) in [5, 5.41) is 4.87. The molecule has 8 heterocycles. The van der Waals surface area contributed by atoms with Gasteiger partial charge in [0.25, 0.3) is 0 Å². The summed E-state index contributed by atoms with van der Waals surface area (Å²) in [4.78, 5) is 104. The van der Waals surface area contributed by atoms with Gasteiger partial charge in [-0.1, -0.05) is 0 Å². The topological polar surface area (TPSA) is 395 Å². The molecule has 8 aromatic rings. The molecule has 6 aromatic heterocycles. The SMILES string of the molecule is Cc1ncc(Oc2nc(N3C[C@H]4C[C@@H]3C[C@H]4N)c3c(n2)[nH]c2c(N(C)C(=O)OCOP(=O)(O)O)cc(F)cc23)cn1.Cc1ncc(Oc2nc(N3C[C@H]4C[C@@H]3C[C@H]4NC(=O)OC(C)(C)C)c3c(n2)[nH]c2c(N(C)C(=O)OCOP(=O)(OC(C)(C)C)OC(C)(C)C)cc(F)cc23)cn1. The standard InChI is InChI=1S/C37H50FN8O9P.C24H26FN8O7P/c1-20-39-16-24(17-40-20)52-32-43-30-28(31(44-32)46-18-21-12-23(46)15-26(21)41-33(47)53-35(2,3)4)25-13-22(38)14-27(29(25)42-30)45(11)34(48)50-19-51-56(49,54-36(5,6)7)55-37(8,9)10;1-11-27-7-15(8-28-11)40-23-30-21-19(22(31-23)33-9-12-3-14(33)6-17(12)26)16-4-13(25)5-18(20(16)29-21)32(2)24(34)38-10-39-41(35,36)37/h13-14,16-17,21,23,26H,12,15,18-19H2,1-11H3,(H,41,47)(H,42,43,44);4-5,7-8,12,14,17H,3,6,9-10,26H2,1-2H3,(H,29,30,31)(H2,35,36,37)/t21-,23-,26-;12-,14-,17-/m11/s1. The van der Waals surface area contributed by atoms with E-state index in [1.807, 2.05) is 20.8 Å². The van der Waals surface area contributed by atoms with E-state index in [4.69, 9.17) is 62.7 Å². The molecule has 0 radical (unpaired) electrons. The van der Waals surface area contributed by atoms with Crippen LogP contribution in [0.25, 0.3) is 43.9 Å². The van der Waals surface area contributed by atoms with Gasteiger partial charge in [-0.25, -0.2) is 61.3 Å². The van der Waals surface area contributed by atoms with E-state index in [0.29, 0.717) is 98.2 Å². The first-order valence-electron chi connectivity index (χ1n) is 30.9. The number of halogens is 2. The number of H-pyrrole nitrogens is 2. The molecular formula is C61H76F2N16O16P2. The fourth-order valence-electron chi connectivity index (χ4n) is 12.2. The molecule has 2 saturated heterocycles. The number of phosphoric acid groups is 2. The average Bonchev–Trinajstić information content (AvgIpc) is 1.59. The zero-order chi connectivity index (χ0) is 70.0. The lowest BCUT2D eigenvalue weighted by Crippen LogP contribution is -2.47. The van der Waals surface area contributed by atoms with Crippen molar-refractivity contribution in [1.82, 2.24) is 55.2 Å². The fourth-order valence-corrected chi connectivity index (χ4v) is 14.1. The van der Waals surface area contributed by atoms with Gasteiger partial charge in [0.15, 0.2) is 11.5 Å². The van der Waals surface area contributed by atoms with Crippen LogP contribution in [-0.4, -0.2) is 160 Å². The van der Waals surface area contributed by atoms with Crippen LogP contribution in [-0.2, 0) is 41.4 Å². The van der Waals surface area contributed by atoms with Crippen molar-refractivity contribution in [1.29, 1.82) is 0 Å². The summed E-state index contributed by atoms with van der Waals surface area (Å²) in [6.45, 7) is 18.4. The highest BCUT2D eigenvalue weighted by Crippen LogP contribution is 2.56. The van der Waals surface area contributed by atoms with Crippen molar-refractivity contribution < 1.29 is 83.9 Å². The molecule has 3 amide bonds. The van der Waals surface area contributed by atoms with E-state index in [0.717, 1.165) is 35.1 Å². The van der Waals surface area contributed by atoms with Gasteiger partial charge < -0.3 is 64.3 Å². The molecule has 4 fully saturated rings. The first-order valence-corrected chi connectivity index (χ1v) is 33.9. The summed E-state index contributed by atoms with van der Waals surface area (Å²) in [5.74, 6) is 1.86. The molecule has 97 heavy (non-hydrogen) atoms. The van der Waals surface area contributed by atoms with Crippen LogP contribution >= 0.6 is 15.6 Å². The van der Waals surface area contributed by atoms with Crippen LogP contribution in [0.4, 0.5) is 46.2 Å². The van der Waals surface area contributed by atoms with Gasteiger partial charge in [0.2, 0.25) is 13.6 Å². The number of ether oxygens (including phenoxy) is 5. The summed E-state index contributed by atoms with van der Waals surface area (Å²) in [5.41, 5.74) is 5.42. The van der Waals surface area contributed by atoms with Crippen molar-refractivity contribution in [3.63, 3.8) is 0 Å². The number of rotatable bonds is 17. The number of alkyl carbamates (subject to hydrolysis) is 1. The lowest BCUT2D eigenvalue weighted by Gasteiger charge is -2.33. The zero-order valence-electron chi connectivity index (χ0n) is 55.4. The highest BCUT2D eigenvalue weighted by Gasteiger charge is 2.48. The van der Waals surface area contributed by atoms with E-state index in [1.165, 1.54) is 57.1 Å². The van der Waals surface area contributed by atoms with Gasteiger partial charge in [0, 0.05) is 62.1 Å². The van der Waals surface area contributed by atoms with Gasteiger partial charge in [0.05, 0.1) is 69.2 Å². The third-order valence-corrected chi connectivity index (χ3v) is 18.5. The number of carbonyl (C=O) groups excluding carboxylic acids is 3. The number of piperidine rings is 2. The van der Waals surface area contributed by atoms with E-state index < -0.39 is 75.9 Å². The van der Waals surface area contributed by atoms with E-state index in [-0.39, 0.29) is 59.4 Å². The minimum Gasteiger partial charge on any atom is -0.444 e. The Hall–Kier alpha value is -8.59. The van der Waals surface area contributed by atoms with Crippen molar-refractivity contribution >= 4 is 101 Å². The Morgan fingerprint density at radius 2 is 1.07 bits per heavy atom. The molecule has 2 aliphatic heterocycles. The smallest absolute Gasteiger partial charge is 0.444 e. The third-order valence-electron chi connectivity index (χ3n) is 16.1. The predicted octanol–water partition coefficient (Wildman–Crippen LogP) is 10.6. The second-order valence-corrected chi connectivity index (χ2v) is 29.7. The lowest BCUT2D eigenvalue weighted by molar-refractivity contribution is -0.0276. The zero-order valence-corrected chi connectivity index (χ0v) is 57.2. The molecule has 0 spiro atoms. The summed E-state index contributed by atoms with van der Waals surface area (Å²) in [7, 11) is -6.33. The van der Waals surface area contributed by atoms with E-state index in [9.17, 15) is 23.5 Å². The first kappa shape index (κ1) is 69.8. The Bertz CT molecular complexity index is 4390. The van der Waals surface area contributed by atoms with Crippen LogP contribution in [0, 0.1) is 37.3 Å². The number of aromatic amines is 2. The fraction of sp³-hybridized carbons (Fsp3) is 0.492. The van der Waals surface area contributed by atoms with Gasteiger partial charge in [-0.05, 0) is 138 Å². The minimum absolute atomic E-state index is 0.0102. The van der Waals surface area contributed by atoms with Gasteiger partial charge in [-0.2, -0.15) is 19.9 Å². The quantitative estimate of drug-likeness (QED) is 0.0280. The number of anilines is 4. The molecule has 2 aromatic carbocycles. The molecule has 12 rings (SSSR count). The average molecular weight is 1390 g/mol. The number of phosphoric ester groups is 2. The summed E-state index contributed by atoms with van der Waals surface area (Å²) < 4.78 is 103. The molecular weight excluding hydrogens is 1310 g/mol. The van der Waals surface area contributed by atoms with Crippen molar-refractivity contribution in [3.8, 4) is 23.5 Å². The van der Waals surface area contributed by atoms with Crippen LogP contribution in [0.5, 0.6) is 23.5 Å². The molecule has 0 unspecified atom stereocenters. The molecule has 4 aliphatic rings. The maximum atomic E-state index is 15.6. The van der Waals surface area contributed by atoms with Crippen molar-refractivity contribution in [3.05, 3.63) is 72.3 Å². The molecule has 2 aliphatic carbocycles. The van der Waals surface area contributed by atoms with Crippen LogP contribution in [0.3, 0.4) is 0 Å². The number of nitrogens with one attached hydrogen (secondary N) is 3. The van der Waals surface area contributed by atoms with Crippen molar-refractivity contribution in [2.75, 3.05) is 60.4 Å². The van der Waals surface area contributed by atoms with Crippen LogP contribution < -0.4 is 40.1 Å². The Labute approximate surface area is 554 Å². The van der Waals surface area contributed by atoms with Gasteiger partial charge in [-0.15, -0.1) is 0 Å². The highest BCUT2D eigenvalue weighted by molar-refractivity contribution is 7.48. The Morgan fingerprint density at radius 3 is 1.46 bits per heavy atom. The summed E-state index contributed by atoms with van der Waals surface area (Å²) in [6.07, 6.45) is 6.66. The molecule has 36 heteroatoms. The second-order valence-electron chi connectivity index (χ2n) is 27.0. The molecule has 6 atom stereocenters. The number of hydrogen-bond acceptors (Lipinski definition) is 25. The van der Waals surface area contributed by atoms with Crippen LogP contribution in [0.2, 0.25) is 0 Å². The number of aromatic nitrogens is 10. The van der Waals surface area contributed by atoms with Crippen molar-refractivity contribution in [2.45, 2.75) is 143 Å². The number of amides is 3. The number of fused-ring (bicyclic) bond motifs is 10. The molecule has 520 valence electrons. The maximum absolute atomic E-state index is 15.6. The Morgan fingerprint density at radius 1 is 0.639 bits per heavy atom. The highest BCUT2D eigenvalue weighted by atomic mass is 31.2. The number of benzene rings is 2. The molecule has 32 nitrogen and oxygen atoms in total. The monoisotopic (exact) mass is 1390 g/mol. The number of aryl methyl sites for hydroxylation is 2. The molecule has 4 bridgehead atoms. The van der Waals surface area contributed by atoms with Crippen molar-refractivity contribution in [2.24, 2.45) is 17.6 Å². The van der Waals surface area contributed by atoms with Crippen LogP contribution in [0.15, 0.2) is 49.1 Å². The molecule has 7 N–H and O–H groups in total. The predicted molar refractivity (Wildman–Crippen MR) is 348 cm³/mol. The summed E-state index contributed by atoms with van der Waals surface area (Å²) >= 11 is 0. The summed E-state index contributed by atoms with van der Waals surface area (Å²) in [6, 6.07) is 5.05. The number of carbonyl (C=O) groups is 3. The number of nitrogens with two attached hydrogens (primary N) is 1. The Balaban J connectivity index is 0.000000206. The largest absolute Gasteiger partial charge is 0.478 e. The van der Waals surface area contributed by atoms with Gasteiger partial charge >= 0.3 is 45.9 Å². The van der Waals surface area contributed by atoms with E-state index in [1.54, 1.807) is 55.4 Å². The Kier molecular flexibility index (Phi) is 19.2. The van der Waals surface area contributed by atoms with Gasteiger partial charge in [-0.3, -0.25) is 18.8 Å². The van der Waals surface area contributed by atoms with Crippen LogP contribution in [0.1, 0.15) is 99.6 Å². The van der Waals surface area contributed by atoms with Gasteiger partial charge in [0.1, 0.15) is 51.8 Å².